The molecular formula is C10H19NO3. The van der Waals surface area contributed by atoms with Crippen molar-refractivity contribution in [2.24, 2.45) is 5.92 Å². The Morgan fingerprint density at radius 2 is 2.14 bits per heavy atom. The van der Waals surface area contributed by atoms with Crippen molar-refractivity contribution in [3.05, 3.63) is 12.2 Å². The molecule has 0 rings (SSSR count). The zero-order chi connectivity index (χ0) is 11.1. The summed E-state index contributed by atoms with van der Waals surface area (Å²) < 4.78 is 0. The van der Waals surface area contributed by atoms with Gasteiger partial charge in [-0.05, 0) is 26.3 Å². The lowest BCUT2D eigenvalue weighted by molar-refractivity contribution is -0.143. The van der Waals surface area contributed by atoms with Gasteiger partial charge in [0.2, 0.25) is 0 Å². The molecule has 0 saturated carbocycles. The first-order chi connectivity index (χ1) is 6.54. The van der Waals surface area contributed by atoms with Crippen LogP contribution in [0.5, 0.6) is 0 Å². The van der Waals surface area contributed by atoms with Crippen LogP contribution in [0, 0.1) is 5.92 Å². The van der Waals surface area contributed by atoms with Gasteiger partial charge in [-0.2, -0.15) is 0 Å². The van der Waals surface area contributed by atoms with Gasteiger partial charge in [0.15, 0.2) is 0 Å². The molecule has 1 unspecified atom stereocenters. The van der Waals surface area contributed by atoms with E-state index in [-0.39, 0.29) is 5.92 Å². The first-order valence-electron chi connectivity index (χ1n) is 4.73. The highest BCUT2D eigenvalue weighted by molar-refractivity contribution is 5.74. The van der Waals surface area contributed by atoms with Crippen LogP contribution in [0.1, 0.15) is 20.3 Å². The molecule has 0 saturated heterocycles. The molecule has 0 amide bonds. The molecule has 0 aromatic heterocycles. The van der Waals surface area contributed by atoms with E-state index >= 15 is 0 Å². The lowest BCUT2D eigenvalue weighted by Gasteiger charge is -2.23. The van der Waals surface area contributed by atoms with Gasteiger partial charge in [-0.1, -0.05) is 19.1 Å². The van der Waals surface area contributed by atoms with Crippen molar-refractivity contribution in [1.82, 2.24) is 5.32 Å². The molecule has 0 aliphatic rings. The van der Waals surface area contributed by atoms with Crippen LogP contribution in [0.2, 0.25) is 0 Å². The number of carbonyl (C=O) groups is 1. The smallest absolute Gasteiger partial charge is 0.323 e. The van der Waals surface area contributed by atoms with Crippen LogP contribution >= 0.6 is 0 Å². The second-order valence-electron chi connectivity index (χ2n) is 3.38. The minimum Gasteiger partial charge on any atom is -0.480 e. The Morgan fingerprint density at radius 3 is 2.50 bits per heavy atom. The fourth-order valence-corrected chi connectivity index (χ4v) is 1.26. The van der Waals surface area contributed by atoms with Crippen molar-refractivity contribution in [2.45, 2.75) is 32.4 Å². The predicted molar refractivity (Wildman–Crippen MR) is 55.1 cm³/mol. The number of likely N-dealkylation sites (N-methyl/N-ethyl adjacent to an activating group) is 1. The molecule has 3 atom stereocenters. The standard InChI is InChI=1S/C10H19NO3/c1-4-5-6-7(2)9(12)8(11-3)10(13)14/h4-5,7-9,11-12H,6H2,1-3H3,(H,13,14)/b5-4+/t7?,8-,9+/m0/s1. The maximum atomic E-state index is 10.7. The first kappa shape index (κ1) is 13.1. The number of allylic oxidation sites excluding steroid dienone is 2. The Labute approximate surface area is 84.6 Å². The molecule has 0 spiro atoms. The van der Waals surface area contributed by atoms with E-state index in [1.165, 1.54) is 7.05 Å². The Kier molecular flexibility index (Phi) is 6.16. The molecule has 0 radical (unpaired) electrons. The maximum Gasteiger partial charge on any atom is 0.323 e. The number of hydrogen-bond acceptors (Lipinski definition) is 3. The van der Waals surface area contributed by atoms with Crippen LogP contribution in [0.4, 0.5) is 0 Å². The third-order valence-electron chi connectivity index (χ3n) is 2.25. The Hall–Kier alpha value is -0.870. The minimum atomic E-state index is -1.02. The number of aliphatic hydroxyl groups excluding tert-OH is 1. The van der Waals surface area contributed by atoms with E-state index in [0.717, 1.165) is 0 Å². The van der Waals surface area contributed by atoms with E-state index in [1.807, 2.05) is 26.0 Å². The largest absolute Gasteiger partial charge is 0.480 e. The maximum absolute atomic E-state index is 10.7. The normalized spacial score (nSPS) is 18.0. The molecule has 0 aromatic carbocycles. The number of carboxylic acids is 1. The van der Waals surface area contributed by atoms with Gasteiger partial charge in [0.1, 0.15) is 6.04 Å². The van der Waals surface area contributed by atoms with Gasteiger partial charge in [0.05, 0.1) is 6.10 Å². The van der Waals surface area contributed by atoms with Crippen molar-refractivity contribution in [2.75, 3.05) is 7.05 Å². The molecule has 0 bridgehead atoms. The summed E-state index contributed by atoms with van der Waals surface area (Å²) in [6.45, 7) is 3.73. The van der Waals surface area contributed by atoms with Crippen LogP contribution in [0.3, 0.4) is 0 Å². The van der Waals surface area contributed by atoms with Crippen LogP contribution in [0.25, 0.3) is 0 Å². The third kappa shape index (κ3) is 3.89. The molecule has 3 N–H and O–H groups in total. The highest BCUT2D eigenvalue weighted by atomic mass is 16.4. The van der Waals surface area contributed by atoms with Crippen molar-refractivity contribution < 1.29 is 15.0 Å². The van der Waals surface area contributed by atoms with Gasteiger partial charge in [-0.15, -0.1) is 0 Å². The average Bonchev–Trinajstić information content (AvgIpc) is 2.14. The molecule has 0 aliphatic carbocycles. The summed E-state index contributed by atoms with van der Waals surface area (Å²) in [5.41, 5.74) is 0. The van der Waals surface area contributed by atoms with E-state index in [4.69, 9.17) is 5.11 Å². The lowest BCUT2D eigenvalue weighted by Crippen LogP contribution is -2.47. The number of hydrogen-bond donors (Lipinski definition) is 3. The summed E-state index contributed by atoms with van der Waals surface area (Å²) in [6, 6.07) is -0.893. The zero-order valence-electron chi connectivity index (χ0n) is 8.90. The van der Waals surface area contributed by atoms with E-state index < -0.39 is 18.1 Å². The molecule has 82 valence electrons. The molecular weight excluding hydrogens is 182 g/mol. The second kappa shape index (κ2) is 6.56. The van der Waals surface area contributed by atoms with Gasteiger partial charge in [-0.3, -0.25) is 4.79 Å². The summed E-state index contributed by atoms with van der Waals surface area (Å²) in [5.74, 6) is -1.09. The number of nitrogens with one attached hydrogen (secondary N) is 1. The number of aliphatic hydroxyl groups is 1. The lowest BCUT2D eigenvalue weighted by atomic mass is 9.95. The zero-order valence-corrected chi connectivity index (χ0v) is 8.90. The fourth-order valence-electron chi connectivity index (χ4n) is 1.26. The number of carboxylic acid groups (broad SMARTS) is 1. The minimum absolute atomic E-state index is 0.0697. The molecule has 0 aliphatic heterocycles. The fraction of sp³-hybridized carbons (Fsp3) is 0.700. The Morgan fingerprint density at radius 1 is 1.57 bits per heavy atom. The van der Waals surface area contributed by atoms with Gasteiger partial charge in [0, 0.05) is 0 Å². The highest BCUT2D eigenvalue weighted by Gasteiger charge is 2.28. The van der Waals surface area contributed by atoms with E-state index in [0.29, 0.717) is 6.42 Å². The van der Waals surface area contributed by atoms with Crippen LogP contribution < -0.4 is 5.32 Å². The van der Waals surface area contributed by atoms with E-state index in [1.54, 1.807) is 0 Å². The highest BCUT2D eigenvalue weighted by Crippen LogP contribution is 2.12. The molecule has 4 nitrogen and oxygen atoms in total. The summed E-state index contributed by atoms with van der Waals surface area (Å²) in [5, 5.41) is 21.1. The monoisotopic (exact) mass is 201 g/mol. The van der Waals surface area contributed by atoms with Crippen LogP contribution in [-0.4, -0.2) is 35.4 Å². The van der Waals surface area contributed by atoms with Crippen LogP contribution in [-0.2, 0) is 4.79 Å². The first-order valence-corrected chi connectivity index (χ1v) is 4.73. The van der Waals surface area contributed by atoms with Crippen molar-refractivity contribution in [3.8, 4) is 0 Å². The van der Waals surface area contributed by atoms with Gasteiger partial charge in [0.25, 0.3) is 0 Å². The molecule has 0 heterocycles. The van der Waals surface area contributed by atoms with Crippen molar-refractivity contribution >= 4 is 5.97 Å². The van der Waals surface area contributed by atoms with Gasteiger partial charge in [-0.25, -0.2) is 0 Å². The molecule has 0 aromatic rings. The van der Waals surface area contributed by atoms with E-state index in [9.17, 15) is 9.90 Å². The SMILES string of the molecule is C/C=C/CC(C)[C@@H](O)[C@H](NC)C(=O)O. The van der Waals surface area contributed by atoms with Gasteiger partial charge >= 0.3 is 5.97 Å². The van der Waals surface area contributed by atoms with Gasteiger partial charge < -0.3 is 15.5 Å². The van der Waals surface area contributed by atoms with Crippen molar-refractivity contribution in [1.29, 1.82) is 0 Å². The second-order valence-corrected chi connectivity index (χ2v) is 3.38. The average molecular weight is 201 g/mol. The molecule has 14 heavy (non-hydrogen) atoms. The predicted octanol–water partition coefficient (Wildman–Crippen LogP) is 0.622. The summed E-state index contributed by atoms with van der Waals surface area (Å²) in [4.78, 5) is 10.7. The number of rotatable bonds is 6. The molecule has 4 heteroatoms. The Bertz CT molecular complexity index is 204. The Balaban J connectivity index is 4.26. The molecule has 0 fully saturated rings. The summed E-state index contributed by atoms with van der Waals surface area (Å²) in [6.07, 6.45) is 3.62. The number of aliphatic carboxylic acids is 1. The topological polar surface area (TPSA) is 69.6 Å². The quantitative estimate of drug-likeness (QED) is 0.551. The van der Waals surface area contributed by atoms with Crippen molar-refractivity contribution in [3.63, 3.8) is 0 Å². The van der Waals surface area contributed by atoms with E-state index in [2.05, 4.69) is 5.32 Å². The summed E-state index contributed by atoms with van der Waals surface area (Å²) in [7, 11) is 1.53. The summed E-state index contributed by atoms with van der Waals surface area (Å²) >= 11 is 0. The van der Waals surface area contributed by atoms with Crippen LogP contribution in [0.15, 0.2) is 12.2 Å². The third-order valence-corrected chi connectivity index (χ3v) is 2.25.